The van der Waals surface area contributed by atoms with Crippen LogP contribution in [0.3, 0.4) is 0 Å². The highest BCUT2D eigenvalue weighted by molar-refractivity contribution is 7.22. The minimum Gasteiger partial charge on any atom is -0.376 e. The lowest BCUT2D eigenvalue weighted by atomic mass is 10.1. The van der Waals surface area contributed by atoms with Gasteiger partial charge in [-0.05, 0) is 38.0 Å². The maximum absolute atomic E-state index is 13.7. The van der Waals surface area contributed by atoms with Crippen molar-refractivity contribution in [3.05, 3.63) is 63.7 Å². The summed E-state index contributed by atoms with van der Waals surface area (Å²) in [4.78, 5) is 57.4. The van der Waals surface area contributed by atoms with Gasteiger partial charge in [0.2, 0.25) is 0 Å². The number of nitro benzene ring substituents is 1. The van der Waals surface area contributed by atoms with Gasteiger partial charge in [-0.3, -0.25) is 34.3 Å². The molecule has 11 heteroatoms. The van der Waals surface area contributed by atoms with Crippen LogP contribution >= 0.6 is 11.3 Å². The first-order chi connectivity index (χ1) is 16.4. The van der Waals surface area contributed by atoms with Gasteiger partial charge in [0.05, 0.1) is 33.4 Å². The van der Waals surface area contributed by atoms with Crippen LogP contribution in [0, 0.1) is 10.1 Å². The van der Waals surface area contributed by atoms with Crippen LogP contribution in [-0.4, -0.2) is 57.8 Å². The number of ether oxygens (including phenoxy) is 1. The van der Waals surface area contributed by atoms with E-state index in [1.807, 2.05) is 24.3 Å². The van der Waals surface area contributed by atoms with E-state index in [9.17, 15) is 24.5 Å². The zero-order chi connectivity index (χ0) is 24.0. The minimum atomic E-state index is -1.19. The normalized spacial score (nSPS) is 18.4. The second kappa shape index (κ2) is 8.58. The van der Waals surface area contributed by atoms with Crippen LogP contribution < -0.4 is 4.90 Å². The van der Waals surface area contributed by atoms with Gasteiger partial charge in [0, 0.05) is 12.7 Å². The number of nitro groups is 1. The van der Waals surface area contributed by atoms with Crippen LogP contribution in [0.5, 0.6) is 0 Å². The first-order valence-electron chi connectivity index (χ1n) is 10.8. The molecule has 3 heterocycles. The molecule has 0 saturated carbocycles. The number of amides is 3. The van der Waals surface area contributed by atoms with Crippen molar-refractivity contribution in [3.8, 4) is 0 Å². The van der Waals surface area contributed by atoms with Crippen LogP contribution in [0.25, 0.3) is 10.2 Å². The zero-order valence-corrected chi connectivity index (χ0v) is 19.0. The first-order valence-corrected chi connectivity index (χ1v) is 11.6. The Morgan fingerprint density at radius 2 is 2.06 bits per heavy atom. The smallest absolute Gasteiger partial charge is 0.282 e. The molecule has 1 fully saturated rings. The van der Waals surface area contributed by atoms with Gasteiger partial charge in [-0.25, -0.2) is 4.98 Å². The predicted octanol–water partition coefficient (Wildman–Crippen LogP) is 3.40. The molecule has 2 atom stereocenters. The van der Waals surface area contributed by atoms with Gasteiger partial charge >= 0.3 is 0 Å². The van der Waals surface area contributed by atoms with Crippen LogP contribution in [0.2, 0.25) is 0 Å². The SMILES string of the molecule is C[C@@H](C(=O)N(CC1CCCO1)c1nc2ccccc2s1)N1C(=O)c2cccc([N+](=O)[O-])c2C1=O. The highest BCUT2D eigenvalue weighted by atomic mass is 32.1. The Labute approximate surface area is 197 Å². The minimum absolute atomic E-state index is 0.0792. The van der Waals surface area contributed by atoms with Gasteiger partial charge in [0.15, 0.2) is 5.13 Å². The Kier molecular flexibility index (Phi) is 5.58. The molecule has 34 heavy (non-hydrogen) atoms. The Morgan fingerprint density at radius 1 is 1.26 bits per heavy atom. The third-order valence-corrected chi connectivity index (χ3v) is 7.11. The van der Waals surface area contributed by atoms with Crippen LogP contribution in [-0.2, 0) is 9.53 Å². The van der Waals surface area contributed by atoms with Gasteiger partial charge in [0.1, 0.15) is 11.6 Å². The molecule has 2 aliphatic heterocycles. The summed E-state index contributed by atoms with van der Waals surface area (Å²) in [5.74, 6) is -2.09. The molecule has 0 spiro atoms. The van der Waals surface area contributed by atoms with Gasteiger partial charge in [0.25, 0.3) is 23.4 Å². The number of carbonyl (C=O) groups excluding carboxylic acids is 3. The number of aromatic nitrogens is 1. The third-order valence-electron chi connectivity index (χ3n) is 6.06. The number of imide groups is 1. The van der Waals surface area contributed by atoms with Crippen molar-refractivity contribution >= 4 is 50.1 Å². The van der Waals surface area contributed by atoms with Crippen LogP contribution in [0.1, 0.15) is 40.5 Å². The summed E-state index contributed by atoms with van der Waals surface area (Å²) in [5, 5.41) is 11.9. The summed E-state index contributed by atoms with van der Waals surface area (Å²) >= 11 is 1.33. The zero-order valence-electron chi connectivity index (χ0n) is 18.2. The third kappa shape index (κ3) is 3.62. The van der Waals surface area contributed by atoms with E-state index < -0.39 is 34.4 Å². The summed E-state index contributed by atoms with van der Waals surface area (Å²) in [7, 11) is 0. The summed E-state index contributed by atoms with van der Waals surface area (Å²) in [6.45, 7) is 2.28. The van der Waals surface area contributed by atoms with E-state index in [-0.39, 0.29) is 23.8 Å². The largest absolute Gasteiger partial charge is 0.376 e. The van der Waals surface area contributed by atoms with Crippen molar-refractivity contribution in [2.45, 2.75) is 31.9 Å². The molecule has 3 amide bonds. The van der Waals surface area contributed by atoms with E-state index in [4.69, 9.17) is 4.74 Å². The number of anilines is 1. The molecule has 10 nitrogen and oxygen atoms in total. The predicted molar refractivity (Wildman–Crippen MR) is 124 cm³/mol. The summed E-state index contributed by atoms with van der Waals surface area (Å²) in [6.07, 6.45) is 1.47. The van der Waals surface area contributed by atoms with Crippen LogP contribution in [0.4, 0.5) is 10.8 Å². The van der Waals surface area contributed by atoms with E-state index in [2.05, 4.69) is 4.98 Å². The van der Waals surface area contributed by atoms with Crippen molar-refractivity contribution < 1.29 is 24.0 Å². The van der Waals surface area contributed by atoms with Crippen LogP contribution in [0.15, 0.2) is 42.5 Å². The van der Waals surface area contributed by atoms with Crippen molar-refractivity contribution in [2.75, 3.05) is 18.1 Å². The van der Waals surface area contributed by atoms with Gasteiger partial charge in [-0.2, -0.15) is 0 Å². The average Bonchev–Trinajstić information content (AvgIpc) is 3.55. The molecule has 3 aromatic rings. The van der Waals surface area contributed by atoms with Crippen molar-refractivity contribution in [1.29, 1.82) is 0 Å². The Morgan fingerprint density at radius 3 is 2.76 bits per heavy atom. The molecule has 2 aliphatic rings. The van der Waals surface area contributed by atoms with E-state index in [1.165, 1.54) is 41.4 Å². The Hall–Kier alpha value is -3.70. The summed E-state index contributed by atoms with van der Waals surface area (Å²) in [5.41, 5.74) is -0.0932. The standard InChI is InChI=1S/C23H20N4O6S/c1-13(26-21(29)15-7-4-9-17(27(31)32)19(15)22(26)30)20(28)25(12-14-6-5-11-33-14)23-24-16-8-2-3-10-18(16)34-23/h2-4,7-10,13-14H,5-6,11-12H2,1H3/t13-,14?/m0/s1. The fourth-order valence-electron chi connectivity index (χ4n) is 4.36. The second-order valence-electron chi connectivity index (χ2n) is 8.16. The van der Waals surface area contributed by atoms with E-state index in [0.717, 1.165) is 28.0 Å². The van der Waals surface area contributed by atoms with Gasteiger partial charge in [-0.1, -0.05) is 29.5 Å². The molecule has 5 rings (SSSR count). The summed E-state index contributed by atoms with van der Waals surface area (Å²) < 4.78 is 6.62. The quantitative estimate of drug-likeness (QED) is 0.301. The van der Waals surface area contributed by atoms with Gasteiger partial charge < -0.3 is 4.74 Å². The average molecular weight is 481 g/mol. The molecule has 0 N–H and O–H groups in total. The molecular weight excluding hydrogens is 460 g/mol. The fourth-order valence-corrected chi connectivity index (χ4v) is 5.34. The number of hydrogen-bond acceptors (Lipinski definition) is 8. The lowest BCUT2D eigenvalue weighted by molar-refractivity contribution is -0.385. The Balaban J connectivity index is 1.49. The van der Waals surface area contributed by atoms with E-state index in [1.54, 1.807) is 0 Å². The molecule has 2 aromatic carbocycles. The van der Waals surface area contributed by atoms with Crippen molar-refractivity contribution in [1.82, 2.24) is 9.88 Å². The molecule has 0 aliphatic carbocycles. The number of nitrogens with zero attached hydrogens (tertiary/aromatic N) is 4. The highest BCUT2D eigenvalue weighted by Gasteiger charge is 2.46. The van der Waals surface area contributed by atoms with Gasteiger partial charge in [-0.15, -0.1) is 0 Å². The van der Waals surface area contributed by atoms with E-state index in [0.29, 0.717) is 11.7 Å². The maximum Gasteiger partial charge on any atom is 0.282 e. The molecule has 0 radical (unpaired) electrons. The summed E-state index contributed by atoms with van der Waals surface area (Å²) in [6, 6.07) is 10.2. The first kappa shape index (κ1) is 22.1. The molecule has 1 saturated heterocycles. The number of fused-ring (bicyclic) bond motifs is 2. The number of carbonyl (C=O) groups is 3. The monoisotopic (exact) mass is 480 g/mol. The number of hydrogen-bond donors (Lipinski definition) is 0. The number of thiazole rings is 1. The lowest BCUT2D eigenvalue weighted by Crippen LogP contribution is -2.51. The molecule has 1 unspecified atom stereocenters. The number of rotatable bonds is 6. The highest BCUT2D eigenvalue weighted by Crippen LogP contribution is 2.34. The Bertz CT molecular complexity index is 1300. The topological polar surface area (TPSA) is 123 Å². The molecule has 0 bridgehead atoms. The van der Waals surface area contributed by atoms with E-state index >= 15 is 0 Å². The molecular formula is C23H20N4O6S. The van der Waals surface area contributed by atoms with Crippen molar-refractivity contribution in [2.24, 2.45) is 0 Å². The van der Waals surface area contributed by atoms with Crippen molar-refractivity contribution in [3.63, 3.8) is 0 Å². The molecule has 174 valence electrons. The fraction of sp³-hybridized carbons (Fsp3) is 0.304. The lowest BCUT2D eigenvalue weighted by Gasteiger charge is -2.29. The number of benzene rings is 2. The number of para-hydroxylation sites is 1. The molecule has 1 aromatic heterocycles. The second-order valence-corrected chi connectivity index (χ2v) is 9.17. The maximum atomic E-state index is 13.7.